The molecule has 0 amide bonds. The van der Waals surface area contributed by atoms with Gasteiger partial charge in [0.2, 0.25) is 0 Å². The summed E-state index contributed by atoms with van der Waals surface area (Å²) >= 11 is 4.74. The van der Waals surface area contributed by atoms with Crippen molar-refractivity contribution in [3.8, 4) is 5.75 Å². The minimum Gasteiger partial charge on any atom is -0.494 e. The number of halogens is 1. The van der Waals surface area contributed by atoms with Crippen LogP contribution < -0.4 is 4.74 Å². The zero-order valence-electron chi connectivity index (χ0n) is 6.18. The molecular formula is C7H7BrO2S. The van der Waals surface area contributed by atoms with Crippen LogP contribution in [0.1, 0.15) is 17.3 Å². The number of hydrogen-bond acceptors (Lipinski definition) is 3. The van der Waals surface area contributed by atoms with Gasteiger partial charge in [0.1, 0.15) is 3.79 Å². The molecule has 60 valence electrons. The lowest BCUT2D eigenvalue weighted by Crippen LogP contribution is -1.93. The lowest BCUT2D eigenvalue weighted by atomic mass is 10.2. The maximum Gasteiger partial charge on any atom is 0.164 e. The number of rotatable bonds is 2. The van der Waals surface area contributed by atoms with Gasteiger partial charge in [0, 0.05) is 5.38 Å². The first kappa shape index (κ1) is 8.74. The summed E-state index contributed by atoms with van der Waals surface area (Å²) in [6.45, 7) is 1.52. The molecule has 0 saturated heterocycles. The van der Waals surface area contributed by atoms with Crippen LogP contribution in [-0.2, 0) is 0 Å². The van der Waals surface area contributed by atoms with Crippen LogP contribution in [0.2, 0.25) is 0 Å². The number of Topliss-reactive ketones (excluding diaryl/α,β-unsaturated/α-hetero) is 1. The van der Waals surface area contributed by atoms with E-state index in [1.807, 2.05) is 0 Å². The van der Waals surface area contributed by atoms with E-state index in [0.717, 1.165) is 3.79 Å². The fourth-order valence-electron chi connectivity index (χ4n) is 0.757. The highest BCUT2D eigenvalue weighted by Crippen LogP contribution is 2.35. The van der Waals surface area contributed by atoms with Gasteiger partial charge in [-0.15, -0.1) is 11.3 Å². The van der Waals surface area contributed by atoms with Gasteiger partial charge >= 0.3 is 0 Å². The molecule has 0 N–H and O–H groups in total. The van der Waals surface area contributed by atoms with Gasteiger partial charge in [-0.1, -0.05) is 0 Å². The fourth-order valence-corrected chi connectivity index (χ4v) is 2.21. The fraction of sp³-hybridized carbons (Fsp3) is 0.286. The Kier molecular flexibility index (Phi) is 2.67. The van der Waals surface area contributed by atoms with E-state index in [4.69, 9.17) is 4.74 Å². The smallest absolute Gasteiger partial charge is 0.164 e. The van der Waals surface area contributed by atoms with E-state index in [1.165, 1.54) is 18.3 Å². The summed E-state index contributed by atoms with van der Waals surface area (Å²) in [5.74, 6) is 0.673. The normalized spacial score (nSPS) is 9.73. The Morgan fingerprint density at radius 2 is 2.36 bits per heavy atom. The van der Waals surface area contributed by atoms with Crippen LogP contribution in [0, 0.1) is 0 Å². The summed E-state index contributed by atoms with van der Waals surface area (Å²) in [7, 11) is 1.55. The summed E-state index contributed by atoms with van der Waals surface area (Å²) < 4.78 is 5.89. The number of carbonyl (C=O) groups excluding carboxylic acids is 1. The number of methoxy groups -OCH3 is 1. The van der Waals surface area contributed by atoms with E-state index in [9.17, 15) is 4.79 Å². The molecule has 0 atom stereocenters. The lowest BCUT2D eigenvalue weighted by molar-refractivity contribution is 0.101. The average molecular weight is 235 g/mol. The van der Waals surface area contributed by atoms with Crippen molar-refractivity contribution in [2.45, 2.75) is 6.92 Å². The van der Waals surface area contributed by atoms with Gasteiger partial charge in [-0.05, 0) is 22.9 Å². The van der Waals surface area contributed by atoms with Gasteiger partial charge in [-0.3, -0.25) is 4.79 Å². The molecule has 0 fully saturated rings. The van der Waals surface area contributed by atoms with Crippen LogP contribution >= 0.6 is 27.3 Å². The van der Waals surface area contributed by atoms with Gasteiger partial charge in [-0.2, -0.15) is 0 Å². The molecule has 0 unspecified atom stereocenters. The van der Waals surface area contributed by atoms with Crippen LogP contribution in [0.4, 0.5) is 0 Å². The van der Waals surface area contributed by atoms with Crippen molar-refractivity contribution >= 4 is 33.0 Å². The van der Waals surface area contributed by atoms with Crippen molar-refractivity contribution in [1.82, 2.24) is 0 Å². The Labute approximate surface area is 77.3 Å². The van der Waals surface area contributed by atoms with E-state index in [0.29, 0.717) is 11.3 Å². The maximum atomic E-state index is 10.9. The van der Waals surface area contributed by atoms with E-state index < -0.39 is 0 Å². The van der Waals surface area contributed by atoms with Crippen LogP contribution in [0.15, 0.2) is 9.17 Å². The summed E-state index contributed by atoms with van der Waals surface area (Å²) in [5, 5.41) is 1.78. The number of carbonyl (C=O) groups is 1. The van der Waals surface area contributed by atoms with Gasteiger partial charge in [-0.25, -0.2) is 0 Å². The Morgan fingerprint density at radius 1 is 1.73 bits per heavy atom. The molecule has 0 aliphatic heterocycles. The number of ether oxygens (including phenoxy) is 1. The first-order valence-corrected chi connectivity index (χ1v) is 4.66. The van der Waals surface area contributed by atoms with Crippen molar-refractivity contribution in [1.29, 1.82) is 0 Å². The first-order chi connectivity index (χ1) is 5.16. The van der Waals surface area contributed by atoms with Crippen LogP contribution in [-0.4, -0.2) is 12.9 Å². The van der Waals surface area contributed by atoms with Crippen LogP contribution in [0.25, 0.3) is 0 Å². The summed E-state index contributed by atoms with van der Waals surface area (Å²) in [6, 6.07) is 0. The number of ketones is 1. The molecule has 4 heteroatoms. The van der Waals surface area contributed by atoms with Gasteiger partial charge < -0.3 is 4.74 Å². The number of hydrogen-bond donors (Lipinski definition) is 0. The third-order valence-electron chi connectivity index (χ3n) is 1.29. The molecule has 1 aromatic heterocycles. The minimum absolute atomic E-state index is 0.0313. The van der Waals surface area contributed by atoms with Crippen LogP contribution in [0.5, 0.6) is 5.75 Å². The quantitative estimate of drug-likeness (QED) is 0.736. The first-order valence-electron chi connectivity index (χ1n) is 2.98. The second-order valence-electron chi connectivity index (χ2n) is 2.01. The molecule has 0 aliphatic rings. The monoisotopic (exact) mass is 234 g/mol. The second kappa shape index (κ2) is 3.36. The van der Waals surface area contributed by atoms with E-state index in [2.05, 4.69) is 15.9 Å². The molecule has 1 rings (SSSR count). The highest BCUT2D eigenvalue weighted by molar-refractivity contribution is 9.11. The third kappa shape index (κ3) is 1.62. The Balaban J connectivity index is 3.15. The number of thiophene rings is 1. The van der Waals surface area contributed by atoms with Crippen molar-refractivity contribution in [3.63, 3.8) is 0 Å². The van der Waals surface area contributed by atoms with E-state index in [-0.39, 0.29) is 5.78 Å². The van der Waals surface area contributed by atoms with Gasteiger partial charge in [0.25, 0.3) is 0 Å². The Hall–Kier alpha value is -0.350. The maximum absolute atomic E-state index is 10.9. The van der Waals surface area contributed by atoms with Crippen LogP contribution in [0.3, 0.4) is 0 Å². The van der Waals surface area contributed by atoms with Crippen molar-refractivity contribution in [3.05, 3.63) is 14.7 Å². The lowest BCUT2D eigenvalue weighted by Gasteiger charge is -1.98. The van der Waals surface area contributed by atoms with Crippen molar-refractivity contribution in [2.75, 3.05) is 7.11 Å². The largest absolute Gasteiger partial charge is 0.494 e. The molecule has 1 heterocycles. The molecular weight excluding hydrogens is 228 g/mol. The van der Waals surface area contributed by atoms with E-state index in [1.54, 1.807) is 12.5 Å². The molecule has 11 heavy (non-hydrogen) atoms. The molecule has 0 spiro atoms. The summed E-state index contributed by atoms with van der Waals surface area (Å²) in [5.41, 5.74) is 0.643. The zero-order chi connectivity index (χ0) is 8.43. The van der Waals surface area contributed by atoms with Crippen molar-refractivity contribution < 1.29 is 9.53 Å². The molecule has 0 bridgehead atoms. The highest BCUT2D eigenvalue weighted by atomic mass is 79.9. The molecule has 2 nitrogen and oxygen atoms in total. The SMILES string of the molecule is COc1c(C(C)=O)csc1Br. The van der Waals surface area contributed by atoms with Gasteiger partial charge in [0.05, 0.1) is 12.7 Å². The zero-order valence-corrected chi connectivity index (χ0v) is 8.58. The molecule has 0 radical (unpaired) electrons. The minimum atomic E-state index is 0.0313. The molecule has 1 aromatic rings. The summed E-state index contributed by atoms with van der Waals surface area (Å²) in [6.07, 6.45) is 0. The topological polar surface area (TPSA) is 26.3 Å². The predicted molar refractivity (Wildman–Crippen MR) is 48.6 cm³/mol. The average Bonchev–Trinajstić information content (AvgIpc) is 2.30. The molecule has 0 aliphatic carbocycles. The standard InChI is InChI=1S/C7H7BrO2S/c1-4(9)5-3-11-7(8)6(5)10-2/h3H,1-2H3. The Bertz CT molecular complexity index is 280. The molecule has 0 saturated carbocycles. The Morgan fingerprint density at radius 3 is 2.73 bits per heavy atom. The summed E-state index contributed by atoms with van der Waals surface area (Å²) in [4.78, 5) is 10.9. The second-order valence-corrected chi connectivity index (χ2v) is 4.21. The van der Waals surface area contributed by atoms with Crippen molar-refractivity contribution in [2.24, 2.45) is 0 Å². The predicted octanol–water partition coefficient (Wildman–Crippen LogP) is 2.72. The van der Waals surface area contributed by atoms with Gasteiger partial charge in [0.15, 0.2) is 11.5 Å². The highest BCUT2D eigenvalue weighted by Gasteiger charge is 2.12. The molecule has 0 aromatic carbocycles. The third-order valence-corrected chi connectivity index (χ3v) is 2.95. The van der Waals surface area contributed by atoms with E-state index >= 15 is 0 Å².